The third kappa shape index (κ3) is 5.83. The number of nitriles is 1. The molecule has 0 aliphatic rings. The maximum atomic E-state index is 15.0. The lowest BCUT2D eigenvalue weighted by atomic mass is 10.0. The highest BCUT2D eigenvalue weighted by atomic mass is 19.1. The van der Waals surface area contributed by atoms with Gasteiger partial charge in [-0.2, -0.15) is 5.26 Å². The summed E-state index contributed by atoms with van der Waals surface area (Å²) in [6.45, 7) is 2.02. The van der Waals surface area contributed by atoms with E-state index in [2.05, 4.69) is 48.0 Å². The molecule has 0 N–H and O–H groups in total. The number of halogens is 2. The smallest absolute Gasteiger partial charge is 0.146 e. The van der Waals surface area contributed by atoms with Crippen molar-refractivity contribution in [2.24, 2.45) is 0 Å². The molecule has 1 nitrogen and oxygen atoms in total. The predicted molar refractivity (Wildman–Crippen MR) is 137 cm³/mol. The number of aryl methyl sites for hydroxylation is 1. The molecule has 168 valence electrons. The standard InChI is InChI=1S/C32H21F2N/c1-2-3-4-5-23-6-8-24(9-7-23)10-11-25-14-19-30-28(20-25)18-17-27(32(30)34)15-12-26-13-16-29(22-35)31(33)21-26/h2-3,6-9,13-14,16-21H,4-5H2,1H3/b3-2+. The topological polar surface area (TPSA) is 23.8 Å². The molecule has 4 aromatic rings. The Bertz CT molecular complexity index is 1580. The van der Waals surface area contributed by atoms with Gasteiger partial charge in [0.1, 0.15) is 17.7 Å². The molecule has 4 aromatic carbocycles. The number of allylic oxidation sites excluding steroid dienone is 2. The van der Waals surface area contributed by atoms with Crippen molar-refractivity contribution in [1.82, 2.24) is 0 Å². The number of nitrogens with zero attached hydrogens (tertiary/aromatic N) is 1. The largest absolute Gasteiger partial charge is 0.206 e. The second kappa shape index (κ2) is 11.0. The minimum absolute atomic E-state index is 0.0524. The molecule has 0 atom stereocenters. The van der Waals surface area contributed by atoms with Crippen LogP contribution in [0, 0.1) is 46.6 Å². The second-order valence-corrected chi connectivity index (χ2v) is 7.97. The van der Waals surface area contributed by atoms with Gasteiger partial charge in [0.05, 0.1) is 11.1 Å². The van der Waals surface area contributed by atoms with E-state index in [0.717, 1.165) is 29.4 Å². The first-order valence-electron chi connectivity index (χ1n) is 11.2. The summed E-state index contributed by atoms with van der Waals surface area (Å²) in [5.74, 6) is 10.8. The van der Waals surface area contributed by atoms with Crippen LogP contribution in [0.15, 0.2) is 84.9 Å². The van der Waals surface area contributed by atoms with Crippen LogP contribution in [0.1, 0.15) is 46.7 Å². The molecule has 0 fully saturated rings. The van der Waals surface area contributed by atoms with Gasteiger partial charge < -0.3 is 0 Å². The highest BCUT2D eigenvalue weighted by molar-refractivity contribution is 5.86. The fourth-order valence-corrected chi connectivity index (χ4v) is 3.60. The molecule has 0 saturated carbocycles. The number of benzene rings is 4. The van der Waals surface area contributed by atoms with Crippen molar-refractivity contribution in [3.05, 3.63) is 130 Å². The van der Waals surface area contributed by atoms with E-state index in [9.17, 15) is 4.39 Å². The molecule has 3 heteroatoms. The summed E-state index contributed by atoms with van der Waals surface area (Å²) in [6.07, 6.45) is 6.24. The van der Waals surface area contributed by atoms with Crippen molar-refractivity contribution < 1.29 is 8.78 Å². The number of hydrogen-bond acceptors (Lipinski definition) is 1. The van der Waals surface area contributed by atoms with E-state index in [1.807, 2.05) is 25.1 Å². The lowest BCUT2D eigenvalue weighted by Gasteiger charge is -2.03. The van der Waals surface area contributed by atoms with Gasteiger partial charge in [0.2, 0.25) is 0 Å². The molecule has 0 spiro atoms. The summed E-state index contributed by atoms with van der Waals surface area (Å²) < 4.78 is 28.8. The van der Waals surface area contributed by atoms with Crippen molar-refractivity contribution in [1.29, 1.82) is 5.26 Å². The number of rotatable bonds is 3. The Kier molecular flexibility index (Phi) is 7.37. The summed E-state index contributed by atoms with van der Waals surface area (Å²) in [7, 11) is 0. The van der Waals surface area contributed by atoms with Gasteiger partial charge in [-0.25, -0.2) is 8.78 Å². The number of hydrogen-bond donors (Lipinski definition) is 0. The Morgan fingerprint density at radius 3 is 2.14 bits per heavy atom. The number of fused-ring (bicyclic) bond motifs is 1. The quantitative estimate of drug-likeness (QED) is 0.234. The van der Waals surface area contributed by atoms with Crippen molar-refractivity contribution in [3.63, 3.8) is 0 Å². The molecule has 0 saturated heterocycles. The Morgan fingerprint density at radius 2 is 1.40 bits per heavy atom. The lowest BCUT2D eigenvalue weighted by Crippen LogP contribution is -1.89. The molecule has 4 rings (SSSR count). The van der Waals surface area contributed by atoms with E-state index < -0.39 is 11.6 Å². The SMILES string of the molecule is C/C=C/CCc1ccc(C#Cc2ccc3c(F)c(C#Cc4ccc(C#N)c(F)c4)ccc3c2)cc1. The monoisotopic (exact) mass is 457 g/mol. The molecule has 0 aliphatic heterocycles. The minimum atomic E-state index is -0.646. The first kappa shape index (κ1) is 23.5. The van der Waals surface area contributed by atoms with Gasteiger partial charge in [0, 0.05) is 22.1 Å². The van der Waals surface area contributed by atoms with Gasteiger partial charge in [-0.05, 0) is 79.2 Å². The predicted octanol–water partition coefficient (Wildman–Crippen LogP) is 7.30. The zero-order valence-corrected chi connectivity index (χ0v) is 19.2. The van der Waals surface area contributed by atoms with Gasteiger partial charge in [-0.1, -0.05) is 60.1 Å². The molecule has 0 radical (unpaired) electrons. The summed E-state index contributed by atoms with van der Waals surface area (Å²) in [5.41, 5.74) is 3.53. The van der Waals surface area contributed by atoms with E-state index in [1.165, 1.54) is 23.8 Å². The normalized spacial score (nSPS) is 10.3. The second-order valence-electron chi connectivity index (χ2n) is 7.97. The van der Waals surface area contributed by atoms with Gasteiger partial charge in [0.25, 0.3) is 0 Å². The van der Waals surface area contributed by atoms with Crippen molar-refractivity contribution >= 4 is 10.8 Å². The average molecular weight is 458 g/mol. The molecule has 0 aromatic heterocycles. The highest BCUT2D eigenvalue weighted by Crippen LogP contribution is 2.22. The first-order chi connectivity index (χ1) is 17.1. The van der Waals surface area contributed by atoms with E-state index in [-0.39, 0.29) is 11.1 Å². The van der Waals surface area contributed by atoms with Crippen LogP contribution in [-0.4, -0.2) is 0 Å². The van der Waals surface area contributed by atoms with Gasteiger partial charge in [0.15, 0.2) is 0 Å². The van der Waals surface area contributed by atoms with Crippen LogP contribution in [0.4, 0.5) is 8.78 Å². The maximum Gasteiger partial charge on any atom is 0.146 e. The van der Waals surface area contributed by atoms with Crippen LogP contribution in [0.2, 0.25) is 0 Å². The third-order valence-electron chi connectivity index (χ3n) is 5.53. The molecule has 0 unspecified atom stereocenters. The third-order valence-corrected chi connectivity index (χ3v) is 5.53. The van der Waals surface area contributed by atoms with Gasteiger partial charge in [-0.3, -0.25) is 0 Å². The molecule has 0 bridgehead atoms. The molecule has 0 aliphatic carbocycles. The Morgan fingerprint density at radius 1 is 0.743 bits per heavy atom. The zero-order valence-electron chi connectivity index (χ0n) is 19.2. The van der Waals surface area contributed by atoms with Crippen LogP contribution < -0.4 is 0 Å². The van der Waals surface area contributed by atoms with Crippen LogP contribution in [0.25, 0.3) is 10.8 Å². The molecular weight excluding hydrogens is 436 g/mol. The van der Waals surface area contributed by atoms with E-state index in [0.29, 0.717) is 10.9 Å². The van der Waals surface area contributed by atoms with E-state index >= 15 is 4.39 Å². The van der Waals surface area contributed by atoms with Gasteiger partial charge >= 0.3 is 0 Å². The Labute approximate surface area is 204 Å². The fourth-order valence-electron chi connectivity index (χ4n) is 3.60. The van der Waals surface area contributed by atoms with Crippen LogP contribution >= 0.6 is 0 Å². The van der Waals surface area contributed by atoms with E-state index in [4.69, 9.17) is 5.26 Å². The summed E-state index contributed by atoms with van der Waals surface area (Å²) in [5, 5.41) is 9.99. The van der Waals surface area contributed by atoms with Crippen LogP contribution in [0.5, 0.6) is 0 Å². The Balaban J connectivity index is 1.53. The van der Waals surface area contributed by atoms with Gasteiger partial charge in [-0.15, -0.1) is 0 Å². The maximum absolute atomic E-state index is 15.0. The summed E-state index contributed by atoms with van der Waals surface area (Å²) in [4.78, 5) is 0. The first-order valence-corrected chi connectivity index (χ1v) is 11.2. The van der Waals surface area contributed by atoms with Crippen LogP contribution in [0.3, 0.4) is 0 Å². The summed E-state index contributed by atoms with van der Waals surface area (Å²) >= 11 is 0. The average Bonchev–Trinajstić information content (AvgIpc) is 2.88. The fraction of sp³-hybridized carbons (Fsp3) is 0.0938. The van der Waals surface area contributed by atoms with Crippen molar-refractivity contribution in [2.45, 2.75) is 19.8 Å². The lowest BCUT2D eigenvalue weighted by molar-refractivity contribution is 0.623. The van der Waals surface area contributed by atoms with Crippen molar-refractivity contribution in [2.75, 3.05) is 0 Å². The minimum Gasteiger partial charge on any atom is -0.206 e. The van der Waals surface area contributed by atoms with E-state index in [1.54, 1.807) is 30.3 Å². The van der Waals surface area contributed by atoms with Crippen molar-refractivity contribution in [3.8, 4) is 29.8 Å². The molecule has 35 heavy (non-hydrogen) atoms. The van der Waals surface area contributed by atoms with Crippen LogP contribution in [-0.2, 0) is 6.42 Å². The Hall–Kier alpha value is -4.65. The molecule has 0 heterocycles. The zero-order chi connectivity index (χ0) is 24.6. The molecular formula is C32H21F2N. The molecule has 0 amide bonds. The summed E-state index contributed by atoms with van der Waals surface area (Å²) in [6, 6.07) is 22.8. The highest BCUT2D eigenvalue weighted by Gasteiger charge is 2.07.